The number of para-hydroxylation sites is 1. The number of nitrogens with one attached hydrogen (secondary N) is 1. The van der Waals surface area contributed by atoms with Gasteiger partial charge in [0.05, 0.1) is 18.1 Å². The third-order valence-electron chi connectivity index (χ3n) is 3.39. The molecule has 1 N–H and O–H groups in total. The molecule has 0 unspecified atom stereocenters. The Kier molecular flexibility index (Phi) is 3.40. The summed E-state index contributed by atoms with van der Waals surface area (Å²) in [7, 11) is 0. The molecule has 4 aromatic rings. The van der Waals surface area contributed by atoms with Crippen molar-refractivity contribution in [3.63, 3.8) is 0 Å². The van der Waals surface area contributed by atoms with Crippen LogP contribution in [0.1, 0.15) is 0 Å². The van der Waals surface area contributed by atoms with Gasteiger partial charge in [0, 0.05) is 10.7 Å². The zero-order valence-corrected chi connectivity index (χ0v) is 12.8. The molecule has 23 heavy (non-hydrogen) atoms. The maximum absolute atomic E-state index is 5.89. The Balaban J connectivity index is 1.68. The average molecular weight is 322 g/mol. The van der Waals surface area contributed by atoms with E-state index in [1.165, 1.54) is 0 Å². The number of hydrogen-bond acceptors (Lipinski definition) is 4. The molecule has 0 radical (unpaired) electrons. The summed E-state index contributed by atoms with van der Waals surface area (Å²) in [6.45, 7) is 0. The van der Waals surface area contributed by atoms with Crippen molar-refractivity contribution in [1.29, 1.82) is 0 Å². The predicted octanol–water partition coefficient (Wildman–Crippen LogP) is 4.21. The van der Waals surface area contributed by atoms with Crippen LogP contribution in [0.4, 0.5) is 11.5 Å². The SMILES string of the molecule is Clc1ccc(Nc2cnc3c(cnn3-c3ccccc3)n2)cc1. The molecule has 2 aromatic heterocycles. The quantitative estimate of drug-likeness (QED) is 0.614. The van der Waals surface area contributed by atoms with Crippen molar-refractivity contribution < 1.29 is 0 Å². The first-order chi connectivity index (χ1) is 11.3. The van der Waals surface area contributed by atoms with E-state index >= 15 is 0 Å². The molecule has 0 aliphatic heterocycles. The highest BCUT2D eigenvalue weighted by molar-refractivity contribution is 6.30. The molecule has 0 bridgehead atoms. The minimum atomic E-state index is 0.660. The molecule has 2 aromatic carbocycles. The third kappa shape index (κ3) is 2.74. The van der Waals surface area contributed by atoms with Gasteiger partial charge in [0.1, 0.15) is 11.3 Å². The van der Waals surface area contributed by atoms with E-state index in [1.54, 1.807) is 17.1 Å². The van der Waals surface area contributed by atoms with Gasteiger partial charge >= 0.3 is 0 Å². The molecule has 0 aliphatic carbocycles. The number of hydrogen-bond donors (Lipinski definition) is 1. The van der Waals surface area contributed by atoms with Crippen LogP contribution in [0.25, 0.3) is 16.9 Å². The lowest BCUT2D eigenvalue weighted by molar-refractivity contribution is 0.897. The summed E-state index contributed by atoms with van der Waals surface area (Å²) in [5.41, 5.74) is 3.30. The van der Waals surface area contributed by atoms with Gasteiger partial charge in [0.2, 0.25) is 0 Å². The van der Waals surface area contributed by atoms with Gasteiger partial charge in [0.15, 0.2) is 5.65 Å². The van der Waals surface area contributed by atoms with E-state index in [0.717, 1.165) is 22.5 Å². The molecule has 0 saturated heterocycles. The lowest BCUT2D eigenvalue weighted by Gasteiger charge is -2.06. The van der Waals surface area contributed by atoms with E-state index in [9.17, 15) is 0 Å². The fraction of sp³-hybridized carbons (Fsp3) is 0. The summed E-state index contributed by atoms with van der Waals surface area (Å²) >= 11 is 5.89. The first-order valence-electron chi connectivity index (χ1n) is 7.08. The van der Waals surface area contributed by atoms with E-state index in [2.05, 4.69) is 20.4 Å². The maximum atomic E-state index is 5.89. The highest BCUT2D eigenvalue weighted by Gasteiger charge is 2.08. The van der Waals surface area contributed by atoms with Crippen molar-refractivity contribution >= 4 is 34.3 Å². The number of anilines is 2. The Morgan fingerprint density at radius 1 is 0.913 bits per heavy atom. The van der Waals surface area contributed by atoms with Crippen molar-refractivity contribution in [2.75, 3.05) is 5.32 Å². The normalized spacial score (nSPS) is 10.8. The van der Waals surface area contributed by atoms with Gasteiger partial charge in [-0.1, -0.05) is 29.8 Å². The zero-order chi connectivity index (χ0) is 15.6. The lowest BCUT2D eigenvalue weighted by atomic mass is 10.3. The molecule has 4 rings (SSSR count). The van der Waals surface area contributed by atoms with E-state index in [4.69, 9.17) is 11.6 Å². The van der Waals surface area contributed by atoms with Crippen LogP contribution in [0, 0.1) is 0 Å². The smallest absolute Gasteiger partial charge is 0.181 e. The summed E-state index contributed by atoms with van der Waals surface area (Å²) < 4.78 is 1.77. The topological polar surface area (TPSA) is 55.6 Å². The standard InChI is InChI=1S/C17H12ClN5/c18-12-6-8-13(9-7-12)21-16-11-19-17-15(22-16)10-20-23(17)14-4-2-1-3-5-14/h1-11H,(H,21,22). The number of nitrogens with zero attached hydrogens (tertiary/aromatic N) is 4. The average Bonchev–Trinajstić information content (AvgIpc) is 3.01. The molecule has 0 spiro atoms. The fourth-order valence-corrected chi connectivity index (χ4v) is 2.44. The highest BCUT2D eigenvalue weighted by Crippen LogP contribution is 2.20. The van der Waals surface area contributed by atoms with Crippen LogP contribution in [0.5, 0.6) is 0 Å². The minimum absolute atomic E-state index is 0.660. The lowest BCUT2D eigenvalue weighted by Crippen LogP contribution is -1.99. The molecular weight excluding hydrogens is 310 g/mol. The van der Waals surface area contributed by atoms with Crippen LogP contribution in [0.3, 0.4) is 0 Å². The fourth-order valence-electron chi connectivity index (χ4n) is 2.31. The highest BCUT2D eigenvalue weighted by atomic mass is 35.5. The van der Waals surface area contributed by atoms with E-state index in [1.807, 2.05) is 54.6 Å². The Morgan fingerprint density at radius 3 is 2.48 bits per heavy atom. The largest absolute Gasteiger partial charge is 0.339 e. The van der Waals surface area contributed by atoms with Gasteiger partial charge in [-0.15, -0.1) is 0 Å². The van der Waals surface area contributed by atoms with Crippen molar-refractivity contribution in [2.24, 2.45) is 0 Å². The zero-order valence-electron chi connectivity index (χ0n) is 12.0. The second-order valence-corrected chi connectivity index (χ2v) is 5.42. The first kappa shape index (κ1) is 13.7. The van der Waals surface area contributed by atoms with E-state index < -0.39 is 0 Å². The van der Waals surface area contributed by atoms with Crippen LogP contribution in [0.2, 0.25) is 5.02 Å². The Bertz CT molecular complexity index is 948. The van der Waals surface area contributed by atoms with Crippen molar-refractivity contribution in [2.45, 2.75) is 0 Å². The molecule has 0 saturated carbocycles. The molecule has 0 amide bonds. The molecule has 0 atom stereocenters. The minimum Gasteiger partial charge on any atom is -0.339 e. The first-order valence-corrected chi connectivity index (χ1v) is 7.46. The van der Waals surface area contributed by atoms with Gasteiger partial charge in [-0.05, 0) is 36.4 Å². The molecular formula is C17H12ClN5. The predicted molar refractivity (Wildman–Crippen MR) is 91.4 cm³/mol. The van der Waals surface area contributed by atoms with Crippen LogP contribution < -0.4 is 5.32 Å². The Labute approximate surface area is 137 Å². The monoisotopic (exact) mass is 321 g/mol. The van der Waals surface area contributed by atoms with Crippen LogP contribution >= 0.6 is 11.6 Å². The molecule has 6 heteroatoms. The Hall–Kier alpha value is -2.92. The van der Waals surface area contributed by atoms with E-state index in [0.29, 0.717) is 10.8 Å². The molecule has 0 fully saturated rings. The number of rotatable bonds is 3. The van der Waals surface area contributed by atoms with Crippen LogP contribution in [-0.2, 0) is 0 Å². The van der Waals surface area contributed by atoms with Gasteiger partial charge < -0.3 is 5.32 Å². The summed E-state index contributed by atoms with van der Waals surface area (Å²) in [5.74, 6) is 0.660. The summed E-state index contributed by atoms with van der Waals surface area (Å²) in [5, 5.41) is 8.27. The molecule has 5 nitrogen and oxygen atoms in total. The van der Waals surface area contributed by atoms with Crippen LogP contribution in [0.15, 0.2) is 67.0 Å². The van der Waals surface area contributed by atoms with Crippen molar-refractivity contribution in [1.82, 2.24) is 19.7 Å². The van der Waals surface area contributed by atoms with Gasteiger partial charge in [-0.2, -0.15) is 5.10 Å². The third-order valence-corrected chi connectivity index (χ3v) is 3.64. The number of halogens is 1. The number of benzene rings is 2. The van der Waals surface area contributed by atoms with Gasteiger partial charge in [-0.25, -0.2) is 14.6 Å². The van der Waals surface area contributed by atoms with Crippen LogP contribution in [-0.4, -0.2) is 19.7 Å². The van der Waals surface area contributed by atoms with Crippen molar-refractivity contribution in [3.05, 3.63) is 72.0 Å². The molecule has 0 aliphatic rings. The molecule has 2 heterocycles. The summed E-state index contributed by atoms with van der Waals surface area (Å²) in [4.78, 5) is 9.03. The van der Waals surface area contributed by atoms with Gasteiger partial charge in [0.25, 0.3) is 0 Å². The Morgan fingerprint density at radius 2 is 1.70 bits per heavy atom. The van der Waals surface area contributed by atoms with Gasteiger partial charge in [-0.3, -0.25) is 0 Å². The summed E-state index contributed by atoms with van der Waals surface area (Å²) in [6.07, 6.45) is 3.40. The summed E-state index contributed by atoms with van der Waals surface area (Å²) in [6, 6.07) is 17.3. The second kappa shape index (κ2) is 5.70. The maximum Gasteiger partial charge on any atom is 0.181 e. The molecule has 112 valence electrons. The second-order valence-electron chi connectivity index (χ2n) is 4.99. The number of fused-ring (bicyclic) bond motifs is 1. The van der Waals surface area contributed by atoms with E-state index in [-0.39, 0.29) is 0 Å². The van der Waals surface area contributed by atoms with Crippen molar-refractivity contribution in [3.8, 4) is 5.69 Å². The number of aromatic nitrogens is 4.